The Bertz CT molecular complexity index is 766. The first-order valence-electron chi connectivity index (χ1n) is 9.41. The van der Waals surface area contributed by atoms with Crippen molar-refractivity contribution in [3.8, 4) is 5.75 Å². The third-order valence-corrected chi connectivity index (χ3v) is 4.47. The molecule has 7 heteroatoms. The van der Waals surface area contributed by atoms with Gasteiger partial charge in [0.05, 0.1) is 25.5 Å². The van der Waals surface area contributed by atoms with Gasteiger partial charge in [-0.1, -0.05) is 24.2 Å². The fourth-order valence-corrected chi connectivity index (χ4v) is 2.88. The van der Waals surface area contributed by atoms with Crippen molar-refractivity contribution in [2.75, 3.05) is 20.3 Å². The summed E-state index contributed by atoms with van der Waals surface area (Å²) in [5.41, 5.74) is 3.21. The van der Waals surface area contributed by atoms with Gasteiger partial charge in [-0.2, -0.15) is 0 Å². The van der Waals surface area contributed by atoms with Gasteiger partial charge >= 0.3 is 0 Å². The molecule has 27 heavy (non-hydrogen) atoms. The highest BCUT2D eigenvalue weighted by atomic mass is 16.5. The SMILES string of the molecule is CCc1cc(CNC(=NC)NCc2ccc(C)cc2OC2CCOC2)on1. The van der Waals surface area contributed by atoms with Gasteiger partial charge < -0.3 is 24.6 Å². The van der Waals surface area contributed by atoms with E-state index in [0.717, 1.165) is 42.2 Å². The van der Waals surface area contributed by atoms with Crippen LogP contribution in [-0.2, 0) is 24.2 Å². The lowest BCUT2D eigenvalue weighted by molar-refractivity contribution is 0.140. The van der Waals surface area contributed by atoms with Crippen LogP contribution in [0.25, 0.3) is 0 Å². The summed E-state index contributed by atoms with van der Waals surface area (Å²) < 4.78 is 16.9. The first-order chi connectivity index (χ1) is 13.2. The predicted molar refractivity (Wildman–Crippen MR) is 104 cm³/mol. The Morgan fingerprint density at radius 2 is 2.15 bits per heavy atom. The largest absolute Gasteiger partial charge is 0.488 e. The molecular weight excluding hydrogens is 344 g/mol. The molecule has 1 aliphatic rings. The molecule has 0 spiro atoms. The maximum Gasteiger partial charge on any atom is 0.191 e. The minimum Gasteiger partial charge on any atom is -0.488 e. The zero-order valence-corrected chi connectivity index (χ0v) is 16.2. The summed E-state index contributed by atoms with van der Waals surface area (Å²) in [6.07, 6.45) is 1.92. The van der Waals surface area contributed by atoms with Crippen LogP contribution in [0.4, 0.5) is 0 Å². The van der Waals surface area contributed by atoms with E-state index in [4.69, 9.17) is 14.0 Å². The third kappa shape index (κ3) is 5.47. The number of nitrogens with zero attached hydrogens (tertiary/aromatic N) is 2. The summed E-state index contributed by atoms with van der Waals surface area (Å²) in [5.74, 6) is 2.38. The van der Waals surface area contributed by atoms with E-state index in [1.165, 1.54) is 5.56 Å². The number of aromatic nitrogens is 1. The maximum atomic E-state index is 6.15. The Labute approximate surface area is 160 Å². The molecule has 3 rings (SSSR count). The maximum absolute atomic E-state index is 6.15. The smallest absolute Gasteiger partial charge is 0.191 e. The summed E-state index contributed by atoms with van der Waals surface area (Å²) in [5, 5.41) is 10.6. The van der Waals surface area contributed by atoms with Crippen LogP contribution >= 0.6 is 0 Å². The van der Waals surface area contributed by atoms with Crippen molar-refractivity contribution in [2.24, 2.45) is 4.99 Å². The van der Waals surface area contributed by atoms with E-state index >= 15 is 0 Å². The van der Waals surface area contributed by atoms with E-state index < -0.39 is 0 Å². The van der Waals surface area contributed by atoms with E-state index in [1.54, 1.807) is 7.05 Å². The van der Waals surface area contributed by atoms with Crippen LogP contribution < -0.4 is 15.4 Å². The van der Waals surface area contributed by atoms with Gasteiger partial charge in [0.15, 0.2) is 11.7 Å². The third-order valence-electron chi connectivity index (χ3n) is 4.47. The second-order valence-corrected chi connectivity index (χ2v) is 6.63. The number of ether oxygens (including phenoxy) is 2. The van der Waals surface area contributed by atoms with Gasteiger partial charge in [0, 0.05) is 31.6 Å². The number of benzene rings is 1. The van der Waals surface area contributed by atoms with Crippen LogP contribution in [0.5, 0.6) is 5.75 Å². The summed E-state index contributed by atoms with van der Waals surface area (Å²) in [6.45, 7) is 6.68. The summed E-state index contributed by atoms with van der Waals surface area (Å²) >= 11 is 0. The Balaban J connectivity index is 1.57. The van der Waals surface area contributed by atoms with Crippen LogP contribution in [0.3, 0.4) is 0 Å². The molecule has 1 aliphatic heterocycles. The van der Waals surface area contributed by atoms with Gasteiger partial charge in [-0.15, -0.1) is 0 Å². The van der Waals surface area contributed by atoms with Crippen molar-refractivity contribution < 1.29 is 14.0 Å². The topological polar surface area (TPSA) is 80.9 Å². The van der Waals surface area contributed by atoms with Gasteiger partial charge in [0.2, 0.25) is 0 Å². The Hall–Kier alpha value is -2.54. The van der Waals surface area contributed by atoms with Crippen LogP contribution in [0.15, 0.2) is 33.8 Å². The predicted octanol–water partition coefficient (Wildman–Crippen LogP) is 2.58. The van der Waals surface area contributed by atoms with Crippen molar-refractivity contribution in [3.63, 3.8) is 0 Å². The molecule has 1 aromatic heterocycles. The monoisotopic (exact) mass is 372 g/mol. The van der Waals surface area contributed by atoms with Crippen molar-refractivity contribution in [1.29, 1.82) is 0 Å². The molecule has 2 N–H and O–H groups in total. The molecule has 7 nitrogen and oxygen atoms in total. The average Bonchev–Trinajstić information content (AvgIpc) is 3.35. The Morgan fingerprint density at radius 3 is 2.85 bits per heavy atom. The molecule has 2 aromatic rings. The van der Waals surface area contributed by atoms with Crippen LogP contribution in [0, 0.1) is 6.92 Å². The standard InChI is InChI=1S/C20H28N4O3/c1-4-16-10-18(27-24-16)12-23-20(21-3)22-11-15-6-5-14(2)9-19(15)26-17-7-8-25-13-17/h5-6,9-10,17H,4,7-8,11-13H2,1-3H3,(H2,21,22,23). The molecule has 1 unspecified atom stereocenters. The summed E-state index contributed by atoms with van der Waals surface area (Å²) in [4.78, 5) is 4.27. The molecule has 0 bridgehead atoms. The van der Waals surface area contributed by atoms with Gasteiger partial charge in [0.1, 0.15) is 11.9 Å². The second-order valence-electron chi connectivity index (χ2n) is 6.63. The average molecular weight is 372 g/mol. The van der Waals surface area contributed by atoms with E-state index in [1.807, 2.05) is 6.07 Å². The van der Waals surface area contributed by atoms with Crippen molar-refractivity contribution >= 4 is 5.96 Å². The second kappa shape index (κ2) is 9.41. The zero-order chi connectivity index (χ0) is 19.1. The Morgan fingerprint density at radius 1 is 1.30 bits per heavy atom. The number of aliphatic imine (C=N–C) groups is 1. The van der Waals surface area contributed by atoms with E-state index in [2.05, 4.69) is 52.8 Å². The molecule has 2 heterocycles. The summed E-state index contributed by atoms with van der Waals surface area (Å²) in [7, 11) is 1.75. The minimum absolute atomic E-state index is 0.127. The van der Waals surface area contributed by atoms with Crippen molar-refractivity contribution in [2.45, 2.75) is 45.9 Å². The number of rotatable bonds is 7. The first-order valence-corrected chi connectivity index (χ1v) is 9.41. The van der Waals surface area contributed by atoms with Gasteiger partial charge in [-0.05, 0) is 25.0 Å². The van der Waals surface area contributed by atoms with Gasteiger partial charge in [-0.3, -0.25) is 4.99 Å². The van der Waals surface area contributed by atoms with Crippen LogP contribution in [0.1, 0.15) is 35.9 Å². The molecule has 146 valence electrons. The van der Waals surface area contributed by atoms with Crippen molar-refractivity contribution in [1.82, 2.24) is 15.8 Å². The number of nitrogens with one attached hydrogen (secondary N) is 2. The lowest BCUT2D eigenvalue weighted by Crippen LogP contribution is -2.36. The lowest BCUT2D eigenvalue weighted by Gasteiger charge is -2.17. The molecule has 1 saturated heterocycles. The van der Waals surface area contributed by atoms with Crippen LogP contribution in [-0.4, -0.2) is 37.5 Å². The molecule has 1 atom stereocenters. The highest BCUT2D eigenvalue weighted by Crippen LogP contribution is 2.23. The molecule has 0 saturated carbocycles. The van der Waals surface area contributed by atoms with E-state index in [-0.39, 0.29) is 6.10 Å². The lowest BCUT2D eigenvalue weighted by atomic mass is 10.1. The fourth-order valence-electron chi connectivity index (χ4n) is 2.88. The molecule has 1 fully saturated rings. The zero-order valence-electron chi connectivity index (χ0n) is 16.2. The minimum atomic E-state index is 0.127. The van der Waals surface area contributed by atoms with Crippen LogP contribution in [0.2, 0.25) is 0 Å². The van der Waals surface area contributed by atoms with Crippen molar-refractivity contribution in [3.05, 3.63) is 46.8 Å². The molecule has 0 aliphatic carbocycles. The first kappa shape index (κ1) is 19.2. The molecule has 0 amide bonds. The quantitative estimate of drug-likeness (QED) is 0.574. The summed E-state index contributed by atoms with van der Waals surface area (Å²) in [6, 6.07) is 8.21. The molecule has 1 aromatic carbocycles. The molecule has 0 radical (unpaired) electrons. The van der Waals surface area contributed by atoms with E-state index in [9.17, 15) is 0 Å². The number of hydrogen-bond donors (Lipinski definition) is 2. The number of hydrogen-bond acceptors (Lipinski definition) is 5. The highest BCUT2D eigenvalue weighted by molar-refractivity contribution is 5.79. The normalized spacial score (nSPS) is 17.1. The highest BCUT2D eigenvalue weighted by Gasteiger charge is 2.18. The molecular formula is C20H28N4O3. The fraction of sp³-hybridized carbons (Fsp3) is 0.500. The number of guanidine groups is 1. The number of aryl methyl sites for hydroxylation is 2. The van der Waals surface area contributed by atoms with Gasteiger partial charge in [-0.25, -0.2) is 0 Å². The van der Waals surface area contributed by atoms with E-state index in [0.29, 0.717) is 25.7 Å². The van der Waals surface area contributed by atoms with Gasteiger partial charge in [0.25, 0.3) is 0 Å². The Kier molecular flexibility index (Phi) is 6.70.